The van der Waals surface area contributed by atoms with Crippen LogP contribution in [0.4, 0.5) is 5.82 Å². The van der Waals surface area contributed by atoms with Crippen molar-refractivity contribution in [3.05, 3.63) is 22.8 Å². The topological polar surface area (TPSA) is 16.1 Å². The van der Waals surface area contributed by atoms with Gasteiger partial charge >= 0.3 is 0 Å². The molecule has 2 heterocycles. The number of halogens is 2. The molecule has 0 aromatic carbocycles. The second-order valence-corrected chi connectivity index (χ2v) is 4.62. The van der Waals surface area contributed by atoms with Crippen LogP contribution in [-0.2, 0) is 0 Å². The summed E-state index contributed by atoms with van der Waals surface area (Å²) in [5.74, 6) is 1.71. The van der Waals surface area contributed by atoms with Crippen molar-refractivity contribution in [2.75, 3.05) is 17.3 Å². The van der Waals surface area contributed by atoms with Gasteiger partial charge in [0.15, 0.2) is 0 Å². The van der Waals surface area contributed by atoms with E-state index in [4.69, 9.17) is 11.6 Å². The SMILES string of the molecule is ClCC1CCCN1c1ncccc1Br. The van der Waals surface area contributed by atoms with Gasteiger partial charge in [-0.3, -0.25) is 0 Å². The van der Waals surface area contributed by atoms with Crippen LogP contribution in [0, 0.1) is 0 Å². The lowest BCUT2D eigenvalue weighted by atomic mass is 10.2. The Bertz CT molecular complexity index is 319. The van der Waals surface area contributed by atoms with Crippen LogP contribution in [0.2, 0.25) is 0 Å². The van der Waals surface area contributed by atoms with E-state index in [9.17, 15) is 0 Å². The summed E-state index contributed by atoms with van der Waals surface area (Å²) < 4.78 is 1.05. The maximum absolute atomic E-state index is 5.92. The number of hydrogen-bond acceptors (Lipinski definition) is 2. The van der Waals surface area contributed by atoms with Gasteiger partial charge in [-0.2, -0.15) is 0 Å². The first-order valence-electron chi connectivity index (χ1n) is 4.76. The third-order valence-electron chi connectivity index (χ3n) is 2.57. The minimum Gasteiger partial charge on any atom is -0.352 e. The van der Waals surface area contributed by atoms with Crippen molar-refractivity contribution >= 4 is 33.3 Å². The molecule has 0 saturated carbocycles. The van der Waals surface area contributed by atoms with Gasteiger partial charge in [0.25, 0.3) is 0 Å². The lowest BCUT2D eigenvalue weighted by Gasteiger charge is -2.24. The molecule has 2 rings (SSSR count). The molecule has 1 atom stereocenters. The van der Waals surface area contributed by atoms with E-state index in [0.717, 1.165) is 16.8 Å². The number of pyridine rings is 1. The molecule has 1 unspecified atom stereocenters. The molecular weight excluding hydrogens is 263 g/mol. The average molecular weight is 276 g/mol. The Balaban J connectivity index is 2.26. The minimum absolute atomic E-state index is 0.447. The summed E-state index contributed by atoms with van der Waals surface area (Å²) >= 11 is 9.44. The summed E-state index contributed by atoms with van der Waals surface area (Å²) in [4.78, 5) is 6.67. The lowest BCUT2D eigenvalue weighted by molar-refractivity contribution is 0.732. The van der Waals surface area contributed by atoms with Crippen LogP contribution in [-0.4, -0.2) is 23.5 Å². The van der Waals surface area contributed by atoms with E-state index < -0.39 is 0 Å². The van der Waals surface area contributed by atoms with Gasteiger partial charge in [0.05, 0.1) is 4.47 Å². The molecule has 2 nitrogen and oxygen atoms in total. The summed E-state index contributed by atoms with van der Waals surface area (Å²) in [5.41, 5.74) is 0. The highest BCUT2D eigenvalue weighted by atomic mass is 79.9. The van der Waals surface area contributed by atoms with Crippen LogP contribution in [0.5, 0.6) is 0 Å². The van der Waals surface area contributed by atoms with Crippen molar-refractivity contribution in [2.24, 2.45) is 0 Å². The van der Waals surface area contributed by atoms with Crippen LogP contribution < -0.4 is 4.90 Å². The molecule has 1 aromatic rings. The van der Waals surface area contributed by atoms with Crippen LogP contribution >= 0.6 is 27.5 Å². The predicted molar refractivity (Wildman–Crippen MR) is 63.0 cm³/mol. The number of rotatable bonds is 2. The molecule has 0 amide bonds. The summed E-state index contributed by atoms with van der Waals surface area (Å²) in [6, 6.07) is 4.40. The monoisotopic (exact) mass is 274 g/mol. The fourth-order valence-electron chi connectivity index (χ4n) is 1.86. The largest absolute Gasteiger partial charge is 0.352 e. The zero-order valence-corrected chi connectivity index (χ0v) is 10.1. The van der Waals surface area contributed by atoms with Crippen molar-refractivity contribution in [1.29, 1.82) is 0 Å². The van der Waals surface area contributed by atoms with Crippen LogP contribution in [0.3, 0.4) is 0 Å². The predicted octanol–water partition coefficient (Wildman–Crippen LogP) is 3.05. The van der Waals surface area contributed by atoms with Crippen molar-refractivity contribution in [1.82, 2.24) is 4.98 Å². The molecule has 1 aliphatic rings. The Hall–Kier alpha value is -0.280. The maximum Gasteiger partial charge on any atom is 0.143 e. The smallest absolute Gasteiger partial charge is 0.143 e. The average Bonchev–Trinajstić information content (AvgIpc) is 2.66. The number of hydrogen-bond donors (Lipinski definition) is 0. The molecule has 76 valence electrons. The van der Waals surface area contributed by atoms with Crippen LogP contribution in [0.15, 0.2) is 22.8 Å². The quantitative estimate of drug-likeness (QED) is 0.771. The first-order chi connectivity index (χ1) is 6.83. The van der Waals surface area contributed by atoms with Gasteiger partial charge in [-0.1, -0.05) is 0 Å². The summed E-state index contributed by atoms with van der Waals surface area (Å²) in [6.07, 6.45) is 4.20. The fraction of sp³-hybridized carbons (Fsp3) is 0.500. The van der Waals surface area contributed by atoms with Gasteiger partial charge in [-0.05, 0) is 40.9 Å². The molecule has 1 fully saturated rings. The van der Waals surface area contributed by atoms with E-state index in [1.165, 1.54) is 12.8 Å². The van der Waals surface area contributed by atoms with Gasteiger partial charge in [-0.25, -0.2) is 4.98 Å². The molecule has 0 N–H and O–H groups in total. The van der Waals surface area contributed by atoms with Crippen LogP contribution in [0.25, 0.3) is 0 Å². The van der Waals surface area contributed by atoms with E-state index in [-0.39, 0.29) is 0 Å². The summed E-state index contributed by atoms with van der Waals surface area (Å²) in [7, 11) is 0. The molecule has 0 bridgehead atoms. The highest BCUT2D eigenvalue weighted by Gasteiger charge is 2.25. The van der Waals surface area contributed by atoms with E-state index in [2.05, 4.69) is 25.8 Å². The molecule has 1 aliphatic heterocycles. The van der Waals surface area contributed by atoms with E-state index in [0.29, 0.717) is 11.9 Å². The molecule has 4 heteroatoms. The third-order valence-corrected chi connectivity index (χ3v) is 3.54. The highest BCUT2D eigenvalue weighted by Crippen LogP contribution is 2.30. The van der Waals surface area contributed by atoms with Crippen LogP contribution in [0.1, 0.15) is 12.8 Å². The minimum atomic E-state index is 0.447. The number of alkyl halides is 1. The first-order valence-corrected chi connectivity index (χ1v) is 6.09. The second kappa shape index (κ2) is 4.49. The maximum atomic E-state index is 5.92. The Kier molecular flexibility index (Phi) is 3.29. The Morgan fingerprint density at radius 1 is 1.64 bits per heavy atom. The molecule has 0 radical (unpaired) electrons. The Morgan fingerprint density at radius 2 is 2.50 bits per heavy atom. The lowest BCUT2D eigenvalue weighted by Crippen LogP contribution is -2.31. The highest BCUT2D eigenvalue weighted by molar-refractivity contribution is 9.10. The van der Waals surface area contributed by atoms with Gasteiger partial charge < -0.3 is 4.90 Å². The summed E-state index contributed by atoms with van der Waals surface area (Å²) in [5, 5.41) is 0. The molecule has 0 aliphatic carbocycles. The fourth-order valence-corrected chi connectivity index (χ4v) is 2.67. The van der Waals surface area contributed by atoms with Gasteiger partial charge in [0, 0.05) is 24.7 Å². The number of nitrogens with zero attached hydrogens (tertiary/aromatic N) is 2. The molecular formula is C10H12BrClN2. The number of anilines is 1. The standard InChI is InChI=1S/C10H12BrClN2/c11-9-4-1-5-13-10(9)14-6-2-3-8(14)7-12/h1,4-5,8H,2-3,6-7H2. The van der Waals surface area contributed by atoms with Crippen molar-refractivity contribution in [3.63, 3.8) is 0 Å². The van der Waals surface area contributed by atoms with Crippen molar-refractivity contribution in [3.8, 4) is 0 Å². The zero-order chi connectivity index (χ0) is 9.97. The van der Waals surface area contributed by atoms with E-state index in [1.54, 1.807) is 0 Å². The first kappa shape index (κ1) is 10.2. The summed E-state index contributed by atoms with van der Waals surface area (Å²) in [6.45, 7) is 1.06. The Morgan fingerprint density at radius 3 is 3.21 bits per heavy atom. The van der Waals surface area contributed by atoms with Gasteiger partial charge in [0.2, 0.25) is 0 Å². The molecule has 1 saturated heterocycles. The van der Waals surface area contributed by atoms with Gasteiger partial charge in [0.1, 0.15) is 5.82 Å². The molecule has 0 spiro atoms. The molecule has 14 heavy (non-hydrogen) atoms. The number of aromatic nitrogens is 1. The second-order valence-electron chi connectivity index (χ2n) is 3.45. The van der Waals surface area contributed by atoms with Crippen molar-refractivity contribution in [2.45, 2.75) is 18.9 Å². The van der Waals surface area contributed by atoms with E-state index >= 15 is 0 Å². The Labute approximate surface area is 97.4 Å². The van der Waals surface area contributed by atoms with Gasteiger partial charge in [-0.15, -0.1) is 11.6 Å². The molecule has 1 aromatic heterocycles. The van der Waals surface area contributed by atoms with E-state index in [1.807, 2.05) is 18.3 Å². The zero-order valence-electron chi connectivity index (χ0n) is 7.79. The van der Waals surface area contributed by atoms with Crippen molar-refractivity contribution < 1.29 is 0 Å². The normalized spacial score (nSPS) is 21.6. The third kappa shape index (κ3) is 1.89.